The van der Waals surface area contributed by atoms with E-state index in [0.29, 0.717) is 5.25 Å². The normalized spacial score (nSPS) is 14.3. The quantitative estimate of drug-likeness (QED) is 0.591. The lowest BCUT2D eigenvalue weighted by Crippen LogP contribution is -1.96. The van der Waals surface area contributed by atoms with E-state index in [1.165, 1.54) is 0 Å². The summed E-state index contributed by atoms with van der Waals surface area (Å²) in [5, 5.41) is 0.751. The van der Waals surface area contributed by atoms with Crippen molar-refractivity contribution < 1.29 is 4.39 Å². The first-order chi connectivity index (χ1) is 4.16. The maximum atomic E-state index is 11.8. The van der Waals surface area contributed by atoms with E-state index in [9.17, 15) is 4.39 Å². The molecule has 0 amide bonds. The second-order valence-corrected chi connectivity index (χ2v) is 5.49. The number of halogens is 1. The van der Waals surface area contributed by atoms with Gasteiger partial charge in [0.2, 0.25) is 0 Å². The molecular weight excluding hydrogens is 155 g/mol. The molecule has 0 fully saturated rings. The molecule has 0 saturated carbocycles. The van der Waals surface area contributed by atoms with Gasteiger partial charge in [-0.3, -0.25) is 0 Å². The van der Waals surface area contributed by atoms with Gasteiger partial charge in [0.15, 0.2) is 0 Å². The van der Waals surface area contributed by atoms with Gasteiger partial charge in [0, 0.05) is 10.5 Å². The summed E-state index contributed by atoms with van der Waals surface area (Å²) in [5.41, 5.74) is 0. The van der Waals surface area contributed by atoms with Gasteiger partial charge in [0.1, 0.15) is 6.67 Å². The molecule has 0 aliphatic rings. The van der Waals surface area contributed by atoms with E-state index >= 15 is 0 Å². The predicted molar refractivity (Wildman–Crippen MR) is 45.8 cm³/mol. The van der Waals surface area contributed by atoms with Gasteiger partial charge in [0.25, 0.3) is 0 Å². The van der Waals surface area contributed by atoms with Crippen LogP contribution in [-0.2, 0) is 0 Å². The van der Waals surface area contributed by atoms with Crippen molar-refractivity contribution >= 4 is 21.6 Å². The van der Waals surface area contributed by atoms with Gasteiger partial charge in [-0.1, -0.05) is 35.4 Å². The van der Waals surface area contributed by atoms with Crippen molar-refractivity contribution in [2.75, 3.05) is 6.67 Å². The molecule has 0 nitrogen and oxygen atoms in total. The second-order valence-electron chi connectivity index (χ2n) is 2.21. The van der Waals surface area contributed by atoms with E-state index in [4.69, 9.17) is 0 Å². The molecule has 1 unspecified atom stereocenters. The second kappa shape index (κ2) is 5.42. The lowest BCUT2D eigenvalue weighted by molar-refractivity contribution is 0.495. The van der Waals surface area contributed by atoms with Crippen LogP contribution in [0.3, 0.4) is 0 Å². The van der Waals surface area contributed by atoms with E-state index in [-0.39, 0.29) is 11.9 Å². The Balaban J connectivity index is 3.06. The van der Waals surface area contributed by atoms with E-state index in [2.05, 4.69) is 13.8 Å². The molecule has 0 aromatic heterocycles. The van der Waals surface area contributed by atoms with Crippen molar-refractivity contribution in [3.8, 4) is 0 Å². The molecule has 0 N–H and O–H groups in total. The first-order valence-corrected chi connectivity index (χ1v) is 5.32. The first-order valence-electron chi connectivity index (χ1n) is 3.05. The molecule has 0 aliphatic carbocycles. The molecule has 0 rings (SSSR count). The summed E-state index contributed by atoms with van der Waals surface area (Å²) in [5.74, 6) is 0. The SMILES string of the molecule is CC(C)SSC(C)CF. The zero-order valence-electron chi connectivity index (χ0n) is 6.06. The van der Waals surface area contributed by atoms with E-state index < -0.39 is 0 Å². The topological polar surface area (TPSA) is 0 Å². The third kappa shape index (κ3) is 6.52. The van der Waals surface area contributed by atoms with Crippen molar-refractivity contribution in [2.24, 2.45) is 0 Å². The van der Waals surface area contributed by atoms with Crippen molar-refractivity contribution in [3.63, 3.8) is 0 Å². The summed E-state index contributed by atoms with van der Waals surface area (Å²) in [6, 6.07) is 0. The molecule has 0 spiro atoms. The van der Waals surface area contributed by atoms with Crippen LogP contribution in [0.2, 0.25) is 0 Å². The van der Waals surface area contributed by atoms with Crippen LogP contribution in [0.4, 0.5) is 4.39 Å². The van der Waals surface area contributed by atoms with E-state index in [0.717, 1.165) is 0 Å². The van der Waals surface area contributed by atoms with Crippen LogP contribution in [0.15, 0.2) is 0 Å². The Hall–Kier alpha value is 0.630. The molecule has 0 bridgehead atoms. The van der Waals surface area contributed by atoms with Gasteiger partial charge in [-0.2, -0.15) is 0 Å². The Morgan fingerprint density at radius 1 is 1.22 bits per heavy atom. The van der Waals surface area contributed by atoms with Crippen LogP contribution in [0.1, 0.15) is 20.8 Å². The average Bonchev–Trinajstić information content (AvgIpc) is 1.83. The number of alkyl halides is 1. The van der Waals surface area contributed by atoms with Crippen molar-refractivity contribution in [1.82, 2.24) is 0 Å². The van der Waals surface area contributed by atoms with Crippen molar-refractivity contribution in [1.29, 1.82) is 0 Å². The minimum atomic E-state index is -0.218. The van der Waals surface area contributed by atoms with E-state index in [1.807, 2.05) is 6.92 Å². The van der Waals surface area contributed by atoms with Crippen LogP contribution >= 0.6 is 21.6 Å². The minimum Gasteiger partial charge on any atom is -0.250 e. The van der Waals surface area contributed by atoms with Gasteiger partial charge in [-0.05, 0) is 6.92 Å². The maximum absolute atomic E-state index is 11.8. The van der Waals surface area contributed by atoms with Crippen LogP contribution in [0.25, 0.3) is 0 Å². The monoisotopic (exact) mass is 168 g/mol. The minimum absolute atomic E-state index is 0.150. The van der Waals surface area contributed by atoms with Gasteiger partial charge in [-0.15, -0.1) is 0 Å². The zero-order valence-corrected chi connectivity index (χ0v) is 7.69. The van der Waals surface area contributed by atoms with Crippen LogP contribution in [0.5, 0.6) is 0 Å². The molecule has 9 heavy (non-hydrogen) atoms. The summed E-state index contributed by atoms with van der Waals surface area (Å²) in [6.07, 6.45) is 0. The highest BCUT2D eigenvalue weighted by Crippen LogP contribution is 2.30. The Kier molecular flexibility index (Phi) is 5.80. The highest BCUT2D eigenvalue weighted by atomic mass is 33.1. The molecule has 56 valence electrons. The fourth-order valence-corrected chi connectivity index (χ4v) is 2.09. The standard InChI is InChI=1S/C6H13FS2/c1-5(2)8-9-6(3)4-7/h5-6H,4H2,1-3H3. The average molecular weight is 168 g/mol. The fourth-order valence-electron chi connectivity index (χ4n) is 0.232. The number of hydrogen-bond acceptors (Lipinski definition) is 2. The van der Waals surface area contributed by atoms with Crippen LogP contribution in [-0.4, -0.2) is 17.2 Å². The Labute approximate surface area is 64.4 Å². The molecular formula is C6H13FS2. The third-order valence-corrected chi connectivity index (χ3v) is 4.05. The summed E-state index contributed by atoms with van der Waals surface area (Å²) >= 11 is 0. The maximum Gasteiger partial charge on any atom is 0.102 e. The Morgan fingerprint density at radius 2 is 1.78 bits per heavy atom. The predicted octanol–water partition coefficient (Wildman–Crippen LogP) is 3.13. The Bertz CT molecular complexity index is 66.1. The smallest absolute Gasteiger partial charge is 0.102 e. The zero-order chi connectivity index (χ0) is 7.28. The number of rotatable bonds is 4. The fraction of sp³-hybridized carbons (Fsp3) is 1.00. The largest absolute Gasteiger partial charge is 0.250 e. The Morgan fingerprint density at radius 3 is 2.11 bits per heavy atom. The molecule has 0 saturated heterocycles. The number of hydrogen-bond donors (Lipinski definition) is 0. The molecule has 1 atom stereocenters. The van der Waals surface area contributed by atoms with Gasteiger partial charge in [-0.25, -0.2) is 4.39 Å². The molecule has 0 heterocycles. The lowest BCUT2D eigenvalue weighted by atomic mass is 10.5. The molecule has 0 radical (unpaired) electrons. The molecule has 3 heteroatoms. The van der Waals surface area contributed by atoms with Crippen LogP contribution in [0, 0.1) is 0 Å². The first kappa shape index (κ1) is 9.63. The summed E-state index contributed by atoms with van der Waals surface area (Å²) in [4.78, 5) is 0. The highest BCUT2D eigenvalue weighted by Gasteiger charge is 2.02. The molecule has 0 aromatic rings. The molecule has 0 aliphatic heterocycles. The van der Waals surface area contributed by atoms with Crippen molar-refractivity contribution in [2.45, 2.75) is 31.3 Å². The summed E-state index contributed by atoms with van der Waals surface area (Å²) in [7, 11) is 3.37. The van der Waals surface area contributed by atoms with Gasteiger partial charge < -0.3 is 0 Å². The highest BCUT2D eigenvalue weighted by molar-refractivity contribution is 8.77. The van der Waals surface area contributed by atoms with Gasteiger partial charge >= 0.3 is 0 Å². The molecule has 0 aromatic carbocycles. The summed E-state index contributed by atoms with van der Waals surface area (Å²) < 4.78 is 11.8. The lowest BCUT2D eigenvalue weighted by Gasteiger charge is -2.06. The third-order valence-electron chi connectivity index (χ3n) is 0.630. The summed E-state index contributed by atoms with van der Waals surface area (Å²) in [6.45, 7) is 5.91. The van der Waals surface area contributed by atoms with Crippen LogP contribution < -0.4 is 0 Å². The van der Waals surface area contributed by atoms with Crippen molar-refractivity contribution in [3.05, 3.63) is 0 Å². The van der Waals surface area contributed by atoms with E-state index in [1.54, 1.807) is 21.6 Å². The van der Waals surface area contributed by atoms with Gasteiger partial charge in [0.05, 0.1) is 0 Å².